The Bertz CT molecular complexity index is 1130. The first kappa shape index (κ1) is 24.5. The summed E-state index contributed by atoms with van der Waals surface area (Å²) < 4.78 is 5.12. The lowest BCUT2D eigenvalue weighted by atomic mass is 10.0. The predicted octanol–water partition coefficient (Wildman–Crippen LogP) is 3.81. The number of carbonyl (C=O) groups excluding carboxylic acids is 3. The van der Waals surface area contributed by atoms with Crippen molar-refractivity contribution in [3.8, 4) is 5.75 Å². The van der Waals surface area contributed by atoms with Crippen LogP contribution in [0.2, 0.25) is 0 Å². The van der Waals surface area contributed by atoms with Crippen LogP contribution in [0.3, 0.4) is 0 Å². The molecule has 0 unspecified atom stereocenters. The minimum atomic E-state index is -0.775. The number of anilines is 1. The summed E-state index contributed by atoms with van der Waals surface area (Å²) >= 11 is 0. The second-order valence-electron chi connectivity index (χ2n) is 8.11. The standard InChI is InChI=1S/C27H29N3O4/c1-18(2)28-27(33)24(17-19-9-5-4-6-10-19)30-26(32)22-11-7-8-12-23(22)29-25(31)20-13-15-21(34-3)16-14-20/h4-16,18,24H,17H2,1-3H3,(H,28,33)(H,29,31)(H,30,32)/t24-/m1/s1. The Labute approximate surface area is 199 Å². The lowest BCUT2D eigenvalue weighted by Crippen LogP contribution is -2.49. The summed E-state index contributed by atoms with van der Waals surface area (Å²) in [4.78, 5) is 38.8. The Morgan fingerprint density at radius 2 is 1.44 bits per heavy atom. The van der Waals surface area contributed by atoms with Crippen molar-refractivity contribution >= 4 is 23.4 Å². The van der Waals surface area contributed by atoms with E-state index in [2.05, 4.69) is 16.0 Å². The van der Waals surface area contributed by atoms with Crippen molar-refractivity contribution in [2.24, 2.45) is 0 Å². The first-order valence-electron chi connectivity index (χ1n) is 11.1. The van der Waals surface area contributed by atoms with Crippen molar-refractivity contribution in [3.05, 3.63) is 95.6 Å². The molecule has 0 bridgehead atoms. The SMILES string of the molecule is COc1ccc(C(=O)Nc2ccccc2C(=O)N[C@H](Cc2ccccc2)C(=O)NC(C)C)cc1. The second-order valence-corrected chi connectivity index (χ2v) is 8.11. The third kappa shape index (κ3) is 6.68. The normalized spacial score (nSPS) is 11.4. The number of methoxy groups -OCH3 is 1. The van der Waals surface area contributed by atoms with Crippen molar-refractivity contribution < 1.29 is 19.1 Å². The Balaban J connectivity index is 1.79. The summed E-state index contributed by atoms with van der Waals surface area (Å²) in [5.41, 5.74) is 1.96. The molecule has 7 heteroatoms. The molecule has 34 heavy (non-hydrogen) atoms. The van der Waals surface area contributed by atoms with Crippen molar-refractivity contribution in [1.82, 2.24) is 10.6 Å². The quantitative estimate of drug-likeness (QED) is 0.453. The Morgan fingerprint density at radius 1 is 0.794 bits per heavy atom. The molecule has 0 saturated carbocycles. The lowest BCUT2D eigenvalue weighted by Gasteiger charge is -2.21. The Hall–Kier alpha value is -4.13. The molecule has 3 amide bonds. The van der Waals surface area contributed by atoms with Crippen molar-refractivity contribution in [3.63, 3.8) is 0 Å². The van der Waals surface area contributed by atoms with Gasteiger partial charge in [-0.2, -0.15) is 0 Å². The minimum Gasteiger partial charge on any atom is -0.497 e. The molecule has 7 nitrogen and oxygen atoms in total. The number of rotatable bonds is 9. The molecule has 3 N–H and O–H groups in total. The van der Waals surface area contributed by atoms with Gasteiger partial charge in [0.15, 0.2) is 0 Å². The molecule has 3 aromatic carbocycles. The average molecular weight is 460 g/mol. The van der Waals surface area contributed by atoms with Gasteiger partial charge in [-0.05, 0) is 55.8 Å². The van der Waals surface area contributed by atoms with E-state index in [0.29, 0.717) is 23.4 Å². The predicted molar refractivity (Wildman–Crippen MR) is 132 cm³/mol. The van der Waals surface area contributed by atoms with Gasteiger partial charge in [-0.1, -0.05) is 42.5 Å². The molecule has 3 aromatic rings. The highest BCUT2D eigenvalue weighted by atomic mass is 16.5. The molecule has 0 aliphatic carbocycles. The highest BCUT2D eigenvalue weighted by Crippen LogP contribution is 2.18. The molecule has 0 heterocycles. The summed E-state index contributed by atoms with van der Waals surface area (Å²) in [6, 6.07) is 22.0. The van der Waals surface area contributed by atoms with Crippen LogP contribution in [0.15, 0.2) is 78.9 Å². The van der Waals surface area contributed by atoms with E-state index in [1.54, 1.807) is 55.6 Å². The highest BCUT2D eigenvalue weighted by molar-refractivity contribution is 6.09. The first-order valence-corrected chi connectivity index (χ1v) is 11.1. The van der Waals surface area contributed by atoms with Gasteiger partial charge < -0.3 is 20.7 Å². The van der Waals surface area contributed by atoms with Crippen molar-refractivity contribution in [2.45, 2.75) is 32.4 Å². The van der Waals surface area contributed by atoms with E-state index in [1.807, 2.05) is 44.2 Å². The van der Waals surface area contributed by atoms with E-state index in [0.717, 1.165) is 5.56 Å². The van der Waals surface area contributed by atoms with Crippen LogP contribution in [-0.4, -0.2) is 36.9 Å². The molecular formula is C27H29N3O4. The Morgan fingerprint density at radius 3 is 2.09 bits per heavy atom. The van der Waals surface area contributed by atoms with Crippen LogP contribution < -0.4 is 20.7 Å². The number of amides is 3. The zero-order chi connectivity index (χ0) is 24.5. The van der Waals surface area contributed by atoms with Crippen LogP contribution in [0.4, 0.5) is 5.69 Å². The molecule has 176 valence electrons. The van der Waals surface area contributed by atoms with Crippen LogP contribution in [0.25, 0.3) is 0 Å². The van der Waals surface area contributed by atoms with Gasteiger partial charge in [-0.3, -0.25) is 14.4 Å². The maximum atomic E-state index is 13.2. The fourth-order valence-electron chi connectivity index (χ4n) is 3.41. The van der Waals surface area contributed by atoms with E-state index in [9.17, 15) is 14.4 Å². The van der Waals surface area contributed by atoms with Crippen LogP contribution in [0.5, 0.6) is 5.75 Å². The number of benzene rings is 3. The zero-order valence-electron chi connectivity index (χ0n) is 19.5. The number of nitrogens with one attached hydrogen (secondary N) is 3. The smallest absolute Gasteiger partial charge is 0.255 e. The zero-order valence-corrected chi connectivity index (χ0v) is 19.5. The average Bonchev–Trinajstić information content (AvgIpc) is 2.84. The van der Waals surface area contributed by atoms with E-state index >= 15 is 0 Å². The van der Waals surface area contributed by atoms with E-state index < -0.39 is 11.9 Å². The molecule has 0 aliphatic rings. The molecular weight excluding hydrogens is 430 g/mol. The van der Waals surface area contributed by atoms with Gasteiger partial charge in [0.05, 0.1) is 18.4 Å². The Kier molecular flexibility index (Phi) is 8.40. The summed E-state index contributed by atoms with van der Waals surface area (Å²) in [6.07, 6.45) is 0.339. The molecule has 0 radical (unpaired) electrons. The maximum absolute atomic E-state index is 13.2. The summed E-state index contributed by atoms with van der Waals surface area (Å²) in [6.45, 7) is 3.73. The number of hydrogen-bond donors (Lipinski definition) is 3. The van der Waals surface area contributed by atoms with Gasteiger partial charge in [0, 0.05) is 18.0 Å². The van der Waals surface area contributed by atoms with E-state index in [1.165, 1.54) is 0 Å². The number of carbonyl (C=O) groups is 3. The van der Waals surface area contributed by atoms with Crippen LogP contribution >= 0.6 is 0 Å². The summed E-state index contributed by atoms with van der Waals surface area (Å²) in [5.74, 6) is -0.445. The molecule has 0 saturated heterocycles. The number of para-hydroxylation sites is 1. The van der Waals surface area contributed by atoms with E-state index in [4.69, 9.17) is 4.74 Å². The third-order valence-electron chi connectivity index (χ3n) is 5.11. The lowest BCUT2D eigenvalue weighted by molar-refractivity contribution is -0.123. The topological polar surface area (TPSA) is 96.5 Å². The van der Waals surface area contributed by atoms with Gasteiger partial charge >= 0.3 is 0 Å². The first-order chi connectivity index (χ1) is 16.4. The fraction of sp³-hybridized carbons (Fsp3) is 0.222. The second kappa shape index (κ2) is 11.7. The molecule has 0 aliphatic heterocycles. The molecule has 1 atom stereocenters. The van der Waals surface area contributed by atoms with Crippen molar-refractivity contribution in [2.75, 3.05) is 12.4 Å². The highest BCUT2D eigenvalue weighted by Gasteiger charge is 2.24. The number of hydrogen-bond acceptors (Lipinski definition) is 4. The summed E-state index contributed by atoms with van der Waals surface area (Å²) in [7, 11) is 1.55. The van der Waals surface area contributed by atoms with Crippen LogP contribution in [0.1, 0.15) is 40.1 Å². The van der Waals surface area contributed by atoms with E-state index in [-0.39, 0.29) is 23.4 Å². The van der Waals surface area contributed by atoms with Crippen LogP contribution in [0, 0.1) is 0 Å². The van der Waals surface area contributed by atoms with Gasteiger partial charge in [0.1, 0.15) is 11.8 Å². The molecule has 0 aromatic heterocycles. The maximum Gasteiger partial charge on any atom is 0.255 e. The van der Waals surface area contributed by atoms with Gasteiger partial charge in [0.2, 0.25) is 5.91 Å². The molecule has 0 spiro atoms. The van der Waals surface area contributed by atoms with Gasteiger partial charge in [0.25, 0.3) is 11.8 Å². The molecule has 3 rings (SSSR count). The summed E-state index contributed by atoms with van der Waals surface area (Å²) in [5, 5.41) is 8.49. The third-order valence-corrected chi connectivity index (χ3v) is 5.11. The monoisotopic (exact) mass is 459 g/mol. The fourth-order valence-corrected chi connectivity index (χ4v) is 3.41. The minimum absolute atomic E-state index is 0.0706. The van der Waals surface area contributed by atoms with Crippen LogP contribution in [-0.2, 0) is 11.2 Å². The van der Waals surface area contributed by atoms with Gasteiger partial charge in [-0.15, -0.1) is 0 Å². The molecule has 0 fully saturated rings. The van der Waals surface area contributed by atoms with Crippen molar-refractivity contribution in [1.29, 1.82) is 0 Å². The number of ether oxygens (including phenoxy) is 1. The largest absolute Gasteiger partial charge is 0.497 e. The van der Waals surface area contributed by atoms with Gasteiger partial charge in [-0.25, -0.2) is 0 Å².